The Balaban J connectivity index is 1.26. The molecule has 1 aromatic carbocycles. The first-order chi connectivity index (χ1) is 21.5. The van der Waals surface area contributed by atoms with Crippen LogP contribution in [0.25, 0.3) is 22.3 Å². The summed E-state index contributed by atoms with van der Waals surface area (Å²) in [6.45, 7) is 5.88. The fourth-order valence-corrected chi connectivity index (χ4v) is 7.40. The Morgan fingerprint density at radius 1 is 1.20 bits per heavy atom. The average Bonchev–Trinajstić information content (AvgIpc) is 3.38. The molecule has 45 heavy (non-hydrogen) atoms. The van der Waals surface area contributed by atoms with Gasteiger partial charge in [0, 0.05) is 22.4 Å². The van der Waals surface area contributed by atoms with E-state index >= 15 is 0 Å². The Morgan fingerprint density at radius 3 is 2.71 bits per heavy atom. The largest absolute Gasteiger partial charge is 0.458 e. The number of nitrogens with one attached hydrogen (secondary N) is 2. The lowest BCUT2D eigenvalue weighted by atomic mass is 9.79. The second-order valence-electron chi connectivity index (χ2n) is 12.7. The van der Waals surface area contributed by atoms with E-state index in [0.29, 0.717) is 30.7 Å². The van der Waals surface area contributed by atoms with Crippen molar-refractivity contribution in [1.29, 1.82) is 0 Å². The van der Waals surface area contributed by atoms with E-state index in [4.69, 9.17) is 20.2 Å². The number of aryl methyl sites for hydroxylation is 2. The Labute approximate surface area is 259 Å². The number of carbonyl (C=O) groups excluding carboxylic acids is 3. The van der Waals surface area contributed by atoms with Crippen molar-refractivity contribution in [2.24, 2.45) is 11.7 Å². The zero-order valence-corrected chi connectivity index (χ0v) is 25.6. The van der Waals surface area contributed by atoms with Gasteiger partial charge in [0.15, 0.2) is 5.60 Å². The summed E-state index contributed by atoms with van der Waals surface area (Å²) >= 11 is 0. The van der Waals surface area contributed by atoms with Gasteiger partial charge in [-0.3, -0.25) is 14.4 Å². The van der Waals surface area contributed by atoms with Crippen LogP contribution >= 0.6 is 0 Å². The summed E-state index contributed by atoms with van der Waals surface area (Å²) in [5.74, 6) is -1.31. The second-order valence-corrected chi connectivity index (χ2v) is 12.7. The third-order valence-corrected chi connectivity index (χ3v) is 10.3. The molecule has 2 aromatic heterocycles. The minimum absolute atomic E-state index is 0.0522. The van der Waals surface area contributed by atoms with Crippen molar-refractivity contribution in [2.75, 3.05) is 13.3 Å². The molecule has 236 valence electrons. The number of nitrogens with two attached hydrogens (primary N) is 1. The summed E-state index contributed by atoms with van der Waals surface area (Å²) in [4.78, 5) is 56.4. The molecule has 12 nitrogen and oxygen atoms in total. The molecule has 1 unspecified atom stereocenters. The number of rotatable bonds is 7. The van der Waals surface area contributed by atoms with Crippen molar-refractivity contribution in [2.45, 2.75) is 83.8 Å². The fraction of sp³-hybridized carbons (Fsp3) is 0.485. The van der Waals surface area contributed by atoms with Crippen molar-refractivity contribution >= 4 is 28.7 Å². The first-order valence-electron chi connectivity index (χ1n) is 15.6. The Bertz CT molecular complexity index is 1860. The lowest BCUT2D eigenvalue weighted by Crippen LogP contribution is -2.45. The van der Waals surface area contributed by atoms with Crippen molar-refractivity contribution in [1.82, 2.24) is 20.2 Å². The highest BCUT2D eigenvalue weighted by atomic mass is 16.6. The lowest BCUT2D eigenvalue weighted by Gasteiger charge is -2.36. The Hall–Kier alpha value is -4.13. The molecule has 2 aliphatic heterocycles. The standard InChI is InChI=1S/C33H37N5O7/c1-4-33(43)22-10-25-29-20(12-38(25)31(41)21(22)13-44-32(33)42)28-23(6-5-19-16(3)15(2)7-24(36-29)27(19)28)37-30(40)17-8-18(9-17)45-14-35-26(39)11-34/h7,10,17-18,23,43H,4-6,8-9,11-14,34H2,1-3H3,(H,35,39)(H,37,40)/t17?,18?,23?,33-/m0/s1. The molecule has 2 atom stereocenters. The Kier molecular flexibility index (Phi) is 7.06. The molecule has 0 saturated heterocycles. The molecular weight excluding hydrogens is 578 g/mol. The van der Waals surface area contributed by atoms with Crippen LogP contribution in [0.3, 0.4) is 0 Å². The molecule has 0 spiro atoms. The number of aromatic nitrogens is 2. The van der Waals surface area contributed by atoms with E-state index in [9.17, 15) is 24.3 Å². The number of aliphatic hydroxyl groups is 1. The van der Waals surface area contributed by atoms with Crippen molar-refractivity contribution in [3.05, 3.63) is 61.4 Å². The summed E-state index contributed by atoms with van der Waals surface area (Å²) in [6.07, 6.45) is 2.55. The van der Waals surface area contributed by atoms with Crippen LogP contribution in [0, 0.1) is 19.8 Å². The molecule has 2 aliphatic carbocycles. The number of amides is 2. The maximum Gasteiger partial charge on any atom is 0.343 e. The number of hydrogen-bond acceptors (Lipinski definition) is 9. The normalized spacial score (nSPS) is 24.3. The third kappa shape index (κ3) is 4.49. The molecule has 3 aromatic rings. The summed E-state index contributed by atoms with van der Waals surface area (Å²) in [5, 5.41) is 18.2. The molecule has 4 heterocycles. The summed E-state index contributed by atoms with van der Waals surface area (Å²) in [5.41, 5.74) is 11.0. The molecule has 4 aliphatic rings. The van der Waals surface area contributed by atoms with Crippen LogP contribution in [0.2, 0.25) is 0 Å². The monoisotopic (exact) mass is 615 g/mol. The second kappa shape index (κ2) is 10.7. The quantitative estimate of drug-likeness (QED) is 0.178. The highest BCUT2D eigenvalue weighted by molar-refractivity contribution is 5.94. The smallest absolute Gasteiger partial charge is 0.343 e. The van der Waals surface area contributed by atoms with Gasteiger partial charge in [0.2, 0.25) is 11.8 Å². The highest BCUT2D eigenvalue weighted by Crippen LogP contribution is 2.46. The zero-order valence-electron chi connectivity index (χ0n) is 25.6. The van der Waals surface area contributed by atoms with Gasteiger partial charge in [-0.1, -0.05) is 6.92 Å². The van der Waals surface area contributed by atoms with Gasteiger partial charge in [-0.05, 0) is 80.3 Å². The SMILES string of the molecule is CC[C@@]1(O)C(=O)OCc2c1cc1n(c2=O)Cc2c-1nc1cc(C)c(C)c3c1c2C(NC(=O)C1CC(OCNC(=O)CN)C1)CC3. The molecule has 0 bridgehead atoms. The van der Waals surface area contributed by atoms with Gasteiger partial charge in [-0.2, -0.15) is 0 Å². The molecular formula is C33H37N5O7. The molecule has 12 heteroatoms. The van der Waals surface area contributed by atoms with Gasteiger partial charge in [0.25, 0.3) is 5.56 Å². The van der Waals surface area contributed by atoms with E-state index < -0.39 is 11.6 Å². The Morgan fingerprint density at radius 2 is 1.98 bits per heavy atom. The third-order valence-electron chi connectivity index (χ3n) is 10.3. The summed E-state index contributed by atoms with van der Waals surface area (Å²) < 4.78 is 12.5. The van der Waals surface area contributed by atoms with E-state index in [2.05, 4.69) is 30.5 Å². The van der Waals surface area contributed by atoms with E-state index in [1.165, 1.54) is 11.1 Å². The fourth-order valence-electron chi connectivity index (χ4n) is 7.40. The molecule has 7 rings (SSSR count). The van der Waals surface area contributed by atoms with Gasteiger partial charge >= 0.3 is 5.97 Å². The van der Waals surface area contributed by atoms with Gasteiger partial charge in [-0.25, -0.2) is 9.78 Å². The topological polar surface area (TPSA) is 175 Å². The lowest BCUT2D eigenvalue weighted by molar-refractivity contribution is -0.172. The highest BCUT2D eigenvalue weighted by Gasteiger charge is 2.46. The number of cyclic esters (lactones) is 1. The first-order valence-corrected chi connectivity index (χ1v) is 15.6. The van der Waals surface area contributed by atoms with E-state index in [0.717, 1.165) is 34.0 Å². The van der Waals surface area contributed by atoms with E-state index in [1.54, 1.807) is 17.6 Å². The first kappa shape index (κ1) is 29.6. The van der Waals surface area contributed by atoms with Crippen LogP contribution in [-0.4, -0.2) is 51.8 Å². The number of carbonyl (C=O) groups is 3. The number of ether oxygens (including phenoxy) is 2. The minimum Gasteiger partial charge on any atom is -0.458 e. The molecule has 5 N–H and O–H groups in total. The number of pyridine rings is 2. The van der Waals surface area contributed by atoms with Gasteiger partial charge < -0.3 is 35.5 Å². The molecule has 1 fully saturated rings. The summed E-state index contributed by atoms with van der Waals surface area (Å²) in [6, 6.07) is 3.49. The number of hydrogen-bond donors (Lipinski definition) is 4. The average molecular weight is 616 g/mol. The van der Waals surface area contributed by atoms with Crippen LogP contribution in [0.4, 0.5) is 0 Å². The van der Waals surface area contributed by atoms with Crippen LogP contribution in [0.15, 0.2) is 16.9 Å². The molecule has 1 saturated carbocycles. The van der Waals surface area contributed by atoms with Gasteiger partial charge in [0.05, 0.1) is 47.7 Å². The number of nitrogens with zero attached hydrogens (tertiary/aromatic N) is 2. The van der Waals surface area contributed by atoms with Crippen molar-refractivity contribution in [3.63, 3.8) is 0 Å². The predicted molar refractivity (Wildman–Crippen MR) is 163 cm³/mol. The van der Waals surface area contributed by atoms with E-state index in [-0.39, 0.29) is 79.4 Å². The van der Waals surface area contributed by atoms with Crippen LogP contribution in [0.5, 0.6) is 0 Å². The van der Waals surface area contributed by atoms with Gasteiger partial charge in [-0.15, -0.1) is 0 Å². The number of esters is 1. The number of benzene rings is 1. The maximum atomic E-state index is 13.8. The predicted octanol–water partition coefficient (Wildman–Crippen LogP) is 1.63. The van der Waals surface area contributed by atoms with Crippen LogP contribution in [0.1, 0.15) is 77.6 Å². The summed E-state index contributed by atoms with van der Waals surface area (Å²) in [7, 11) is 0. The van der Waals surface area contributed by atoms with Crippen LogP contribution in [-0.2, 0) is 49.0 Å². The molecule has 2 amide bonds. The van der Waals surface area contributed by atoms with Crippen molar-refractivity contribution < 1.29 is 29.0 Å². The number of fused-ring (bicyclic) bond motifs is 5. The van der Waals surface area contributed by atoms with Crippen molar-refractivity contribution in [3.8, 4) is 11.4 Å². The van der Waals surface area contributed by atoms with Gasteiger partial charge in [0.1, 0.15) is 13.3 Å². The molecule has 0 radical (unpaired) electrons. The maximum absolute atomic E-state index is 13.8. The van der Waals surface area contributed by atoms with Crippen LogP contribution < -0.4 is 21.9 Å². The minimum atomic E-state index is -1.91. The zero-order chi connectivity index (χ0) is 31.8. The van der Waals surface area contributed by atoms with E-state index in [1.807, 2.05) is 0 Å².